The molecule has 1 amide bonds. The number of H-pyrrole nitrogens is 1. The van der Waals surface area contributed by atoms with Crippen molar-refractivity contribution in [3.63, 3.8) is 0 Å². The number of benzene rings is 2. The van der Waals surface area contributed by atoms with E-state index >= 15 is 0 Å². The maximum absolute atomic E-state index is 13.1. The van der Waals surface area contributed by atoms with Crippen LogP contribution in [0.3, 0.4) is 0 Å². The van der Waals surface area contributed by atoms with Gasteiger partial charge in [0.1, 0.15) is 5.82 Å². The van der Waals surface area contributed by atoms with Gasteiger partial charge >= 0.3 is 6.01 Å². The summed E-state index contributed by atoms with van der Waals surface area (Å²) in [6, 6.07) is 11.3. The number of aromatic nitrogens is 4. The first-order valence-electron chi connectivity index (χ1n) is 10.1. The average Bonchev–Trinajstić information content (AvgIpc) is 3.28. The number of ether oxygens (including phenoxy) is 2. The van der Waals surface area contributed by atoms with Crippen LogP contribution in [0.25, 0.3) is 0 Å². The summed E-state index contributed by atoms with van der Waals surface area (Å²) in [6.45, 7) is 4.56. The van der Waals surface area contributed by atoms with Crippen LogP contribution in [0.5, 0.6) is 17.5 Å². The van der Waals surface area contributed by atoms with Crippen molar-refractivity contribution >= 4 is 17.5 Å². The Bertz CT molecular complexity index is 1050. The van der Waals surface area contributed by atoms with E-state index in [4.69, 9.17) is 21.1 Å². The van der Waals surface area contributed by atoms with Gasteiger partial charge in [0.15, 0.2) is 18.1 Å². The lowest BCUT2D eigenvalue weighted by molar-refractivity contribution is -0.138. The fourth-order valence-corrected chi connectivity index (χ4v) is 3.75. The lowest BCUT2D eigenvalue weighted by Crippen LogP contribution is -2.54. The van der Waals surface area contributed by atoms with Crippen molar-refractivity contribution in [3.8, 4) is 17.5 Å². The summed E-state index contributed by atoms with van der Waals surface area (Å²) < 4.78 is 24.4. The van der Waals surface area contributed by atoms with Crippen molar-refractivity contribution in [2.45, 2.75) is 19.5 Å². The predicted octanol–water partition coefficient (Wildman–Crippen LogP) is 2.90. The second kappa shape index (κ2) is 9.92. The number of nitrogens with zero attached hydrogens (tertiary/aromatic N) is 5. The number of piperazine rings is 1. The fraction of sp³-hybridized carbons (Fsp3) is 0.333. The molecule has 0 spiro atoms. The van der Waals surface area contributed by atoms with Gasteiger partial charge in [0, 0.05) is 43.3 Å². The minimum Gasteiger partial charge on any atom is -0.480 e. The maximum Gasteiger partial charge on any atom is 0.361 e. The molecule has 3 aromatic rings. The quantitative estimate of drug-likeness (QED) is 0.579. The Morgan fingerprint density at radius 3 is 2.75 bits per heavy atom. The van der Waals surface area contributed by atoms with Crippen LogP contribution >= 0.6 is 11.6 Å². The van der Waals surface area contributed by atoms with Crippen molar-refractivity contribution in [1.82, 2.24) is 30.4 Å². The van der Waals surface area contributed by atoms with Gasteiger partial charge in [-0.1, -0.05) is 33.9 Å². The number of nitrogens with one attached hydrogen (secondary N) is 1. The number of halogens is 2. The second-order valence-electron chi connectivity index (χ2n) is 7.47. The molecular formula is C21H22ClFN6O3. The van der Waals surface area contributed by atoms with Crippen molar-refractivity contribution in [2.24, 2.45) is 0 Å². The molecule has 1 N–H and O–H groups in total. The highest BCUT2D eigenvalue weighted by Crippen LogP contribution is 2.32. The predicted molar refractivity (Wildman–Crippen MR) is 114 cm³/mol. The van der Waals surface area contributed by atoms with Gasteiger partial charge in [-0.15, -0.1) is 0 Å². The third-order valence-electron chi connectivity index (χ3n) is 5.14. The van der Waals surface area contributed by atoms with Crippen molar-refractivity contribution in [3.05, 3.63) is 58.9 Å². The molecule has 2 aromatic carbocycles. The third kappa shape index (κ3) is 5.51. The molecule has 1 aliphatic heterocycles. The molecule has 1 fully saturated rings. The van der Waals surface area contributed by atoms with Crippen LogP contribution in [-0.4, -0.2) is 68.6 Å². The largest absolute Gasteiger partial charge is 0.480 e. The lowest BCUT2D eigenvalue weighted by atomic mass is 10.1. The second-order valence-corrected chi connectivity index (χ2v) is 7.91. The number of aromatic amines is 1. The molecule has 1 aliphatic rings. The molecule has 2 heterocycles. The van der Waals surface area contributed by atoms with Gasteiger partial charge in [0.25, 0.3) is 5.91 Å². The number of carbonyl (C=O) groups is 1. The van der Waals surface area contributed by atoms with Crippen LogP contribution in [0.4, 0.5) is 4.39 Å². The highest BCUT2D eigenvalue weighted by atomic mass is 35.5. The number of rotatable bonds is 7. The summed E-state index contributed by atoms with van der Waals surface area (Å²) in [5.41, 5.74) is 1.04. The van der Waals surface area contributed by atoms with E-state index in [0.29, 0.717) is 36.2 Å². The van der Waals surface area contributed by atoms with Gasteiger partial charge in [-0.25, -0.2) is 4.39 Å². The SMILES string of the molecule is CC1CN(Cc2ccc(F)cc2)CCN1C(=O)COc1cc(Cl)ccc1Oc1nn[nH]n1. The first-order chi connectivity index (χ1) is 15.5. The van der Waals surface area contributed by atoms with E-state index in [1.807, 2.05) is 6.92 Å². The summed E-state index contributed by atoms with van der Waals surface area (Å²) in [6.07, 6.45) is 0. The Hall–Kier alpha value is -3.24. The van der Waals surface area contributed by atoms with E-state index in [1.165, 1.54) is 12.1 Å². The van der Waals surface area contributed by atoms with E-state index < -0.39 is 0 Å². The Balaban J connectivity index is 1.33. The molecule has 1 atom stereocenters. The van der Waals surface area contributed by atoms with Gasteiger partial charge < -0.3 is 14.4 Å². The molecule has 168 valence electrons. The summed E-state index contributed by atoms with van der Waals surface area (Å²) in [5, 5.41) is 13.7. The Morgan fingerprint density at radius 2 is 2.03 bits per heavy atom. The van der Waals surface area contributed by atoms with E-state index in [-0.39, 0.29) is 30.4 Å². The zero-order valence-corrected chi connectivity index (χ0v) is 18.1. The minimum atomic E-state index is -0.247. The average molecular weight is 461 g/mol. The molecular weight excluding hydrogens is 439 g/mol. The maximum atomic E-state index is 13.1. The molecule has 1 unspecified atom stereocenters. The summed E-state index contributed by atoms with van der Waals surface area (Å²) in [5.74, 6) is 0.242. The highest BCUT2D eigenvalue weighted by Gasteiger charge is 2.28. The van der Waals surface area contributed by atoms with Crippen LogP contribution in [0.15, 0.2) is 42.5 Å². The smallest absolute Gasteiger partial charge is 0.361 e. The van der Waals surface area contributed by atoms with Gasteiger partial charge in [-0.05, 0) is 42.0 Å². The van der Waals surface area contributed by atoms with Crippen molar-refractivity contribution in [2.75, 3.05) is 26.2 Å². The van der Waals surface area contributed by atoms with Crippen LogP contribution in [0.2, 0.25) is 5.02 Å². The van der Waals surface area contributed by atoms with Gasteiger partial charge in [-0.3, -0.25) is 9.69 Å². The highest BCUT2D eigenvalue weighted by molar-refractivity contribution is 6.30. The van der Waals surface area contributed by atoms with E-state index in [1.54, 1.807) is 35.2 Å². The number of amides is 1. The Morgan fingerprint density at radius 1 is 1.22 bits per heavy atom. The van der Waals surface area contributed by atoms with Crippen molar-refractivity contribution in [1.29, 1.82) is 0 Å². The monoisotopic (exact) mass is 460 g/mol. The molecule has 1 saturated heterocycles. The standard InChI is InChI=1S/C21H22ClFN6O3/c1-14-11-28(12-15-2-5-17(23)6-3-15)8-9-29(14)20(30)13-31-19-10-16(22)4-7-18(19)32-21-24-26-27-25-21/h2-7,10,14H,8-9,11-13H2,1H3,(H,24,25,26,27). The van der Waals surface area contributed by atoms with Crippen LogP contribution in [0.1, 0.15) is 12.5 Å². The van der Waals surface area contributed by atoms with Crippen LogP contribution in [0, 0.1) is 5.82 Å². The molecule has 0 radical (unpaired) electrons. The molecule has 0 bridgehead atoms. The van der Waals surface area contributed by atoms with Gasteiger partial charge in [0.05, 0.1) is 0 Å². The topological polar surface area (TPSA) is 96.5 Å². The zero-order valence-electron chi connectivity index (χ0n) is 17.4. The Kier molecular flexibility index (Phi) is 6.81. The zero-order chi connectivity index (χ0) is 22.5. The fourth-order valence-electron chi connectivity index (χ4n) is 3.59. The number of carbonyl (C=O) groups excluding carboxylic acids is 1. The Labute approximate surface area is 189 Å². The normalized spacial score (nSPS) is 16.7. The molecule has 32 heavy (non-hydrogen) atoms. The third-order valence-corrected chi connectivity index (χ3v) is 5.37. The minimum absolute atomic E-state index is 0.00899. The molecule has 1 aromatic heterocycles. The van der Waals surface area contributed by atoms with E-state index in [9.17, 15) is 9.18 Å². The molecule has 11 heteroatoms. The van der Waals surface area contributed by atoms with E-state index in [0.717, 1.165) is 12.1 Å². The molecule has 0 aliphatic carbocycles. The summed E-state index contributed by atoms with van der Waals surface area (Å²) >= 11 is 6.07. The van der Waals surface area contributed by atoms with Crippen LogP contribution in [-0.2, 0) is 11.3 Å². The summed E-state index contributed by atoms with van der Waals surface area (Å²) in [7, 11) is 0. The van der Waals surface area contributed by atoms with Gasteiger partial charge in [-0.2, -0.15) is 5.21 Å². The van der Waals surface area contributed by atoms with Gasteiger partial charge in [0.2, 0.25) is 0 Å². The lowest BCUT2D eigenvalue weighted by Gasteiger charge is -2.39. The molecule has 4 rings (SSSR count). The molecule has 9 nitrogen and oxygen atoms in total. The van der Waals surface area contributed by atoms with E-state index in [2.05, 4.69) is 25.5 Å². The number of tetrazole rings is 1. The molecule has 0 saturated carbocycles. The first kappa shape index (κ1) is 22.0. The number of hydrogen-bond donors (Lipinski definition) is 1. The first-order valence-corrected chi connectivity index (χ1v) is 10.5. The summed E-state index contributed by atoms with van der Waals surface area (Å²) in [4.78, 5) is 16.9. The number of hydrogen-bond acceptors (Lipinski definition) is 7. The van der Waals surface area contributed by atoms with Crippen LogP contribution < -0.4 is 9.47 Å². The van der Waals surface area contributed by atoms with Crippen molar-refractivity contribution < 1.29 is 18.7 Å².